The van der Waals surface area contributed by atoms with Gasteiger partial charge >= 0.3 is 0 Å². The summed E-state index contributed by atoms with van der Waals surface area (Å²) < 4.78 is 2.01. The van der Waals surface area contributed by atoms with Gasteiger partial charge in [0.2, 0.25) is 0 Å². The topological polar surface area (TPSA) is 0 Å². The van der Waals surface area contributed by atoms with E-state index in [1.54, 1.807) is 0 Å². The van der Waals surface area contributed by atoms with E-state index in [9.17, 15) is 0 Å². The number of benzene rings is 1. The predicted molar refractivity (Wildman–Crippen MR) is 45.4 cm³/mol. The largest absolute Gasteiger partial charge is 0.0570 e. The summed E-state index contributed by atoms with van der Waals surface area (Å²) in [6, 6.07) is 7.08. The SMILES string of the molecule is Cc1ccc(Br)[c]c1Br. The van der Waals surface area contributed by atoms with E-state index >= 15 is 0 Å². The number of hydrogen-bond donors (Lipinski definition) is 0. The Balaban J connectivity index is 3.17. The summed E-state index contributed by atoms with van der Waals surface area (Å²) in [6.45, 7) is 2.03. The molecule has 2 heteroatoms. The van der Waals surface area contributed by atoms with Crippen LogP contribution in [-0.2, 0) is 0 Å². The van der Waals surface area contributed by atoms with E-state index in [0.29, 0.717) is 0 Å². The Morgan fingerprint density at radius 3 is 2.44 bits per heavy atom. The Kier molecular flexibility index (Phi) is 2.30. The van der Waals surface area contributed by atoms with E-state index in [0.717, 1.165) is 8.95 Å². The zero-order valence-corrected chi connectivity index (χ0v) is 8.08. The molecule has 0 heterocycles. The molecule has 9 heavy (non-hydrogen) atoms. The van der Waals surface area contributed by atoms with E-state index in [-0.39, 0.29) is 0 Å². The van der Waals surface area contributed by atoms with Crippen molar-refractivity contribution < 1.29 is 0 Å². The van der Waals surface area contributed by atoms with Crippen LogP contribution in [0.1, 0.15) is 5.56 Å². The van der Waals surface area contributed by atoms with Crippen molar-refractivity contribution in [3.63, 3.8) is 0 Å². The highest BCUT2D eigenvalue weighted by Gasteiger charge is 1.92. The summed E-state index contributed by atoms with van der Waals surface area (Å²) in [4.78, 5) is 0. The lowest BCUT2D eigenvalue weighted by atomic mass is 10.2. The molecule has 0 fully saturated rings. The van der Waals surface area contributed by atoms with Crippen LogP contribution in [0.15, 0.2) is 21.1 Å². The molecule has 0 saturated carbocycles. The van der Waals surface area contributed by atoms with E-state index in [2.05, 4.69) is 37.9 Å². The summed E-state index contributed by atoms with van der Waals surface area (Å²) in [5.74, 6) is 0. The fraction of sp³-hybridized carbons (Fsp3) is 0.143. The first-order valence-electron chi connectivity index (χ1n) is 2.54. The van der Waals surface area contributed by atoms with Gasteiger partial charge in [0.1, 0.15) is 0 Å². The average Bonchev–Trinajstić information content (AvgIpc) is 1.80. The van der Waals surface area contributed by atoms with Crippen molar-refractivity contribution in [1.82, 2.24) is 0 Å². The molecule has 1 radical (unpaired) electrons. The van der Waals surface area contributed by atoms with Crippen LogP contribution < -0.4 is 0 Å². The number of halogens is 2. The van der Waals surface area contributed by atoms with Crippen molar-refractivity contribution >= 4 is 31.9 Å². The van der Waals surface area contributed by atoms with Gasteiger partial charge in [-0.05, 0) is 34.5 Å². The first kappa shape index (κ1) is 7.29. The molecule has 0 amide bonds. The maximum atomic E-state index is 3.36. The molecule has 1 aromatic rings. The fourth-order valence-electron chi connectivity index (χ4n) is 0.516. The van der Waals surface area contributed by atoms with Gasteiger partial charge in [0.25, 0.3) is 0 Å². The van der Waals surface area contributed by atoms with Gasteiger partial charge in [0.05, 0.1) is 0 Å². The Labute approximate surface area is 71.5 Å². The van der Waals surface area contributed by atoms with Crippen LogP contribution in [-0.4, -0.2) is 0 Å². The second-order valence-electron chi connectivity index (χ2n) is 1.80. The standard InChI is InChI=1S/C7H5Br2/c1-5-2-3-6(8)4-7(5)9/h2-3H,1H3. The minimum atomic E-state index is 0.986. The first-order valence-corrected chi connectivity index (χ1v) is 4.12. The van der Waals surface area contributed by atoms with Crippen LogP contribution in [0.3, 0.4) is 0 Å². The lowest BCUT2D eigenvalue weighted by Gasteiger charge is -1.94. The van der Waals surface area contributed by atoms with Gasteiger partial charge in [0, 0.05) is 15.0 Å². The van der Waals surface area contributed by atoms with Gasteiger partial charge in [-0.25, -0.2) is 0 Å². The summed E-state index contributed by atoms with van der Waals surface area (Å²) >= 11 is 6.67. The lowest BCUT2D eigenvalue weighted by Crippen LogP contribution is -1.73. The Morgan fingerprint density at radius 2 is 2.00 bits per heavy atom. The van der Waals surface area contributed by atoms with Gasteiger partial charge in [0.15, 0.2) is 0 Å². The van der Waals surface area contributed by atoms with E-state index in [4.69, 9.17) is 0 Å². The molecular formula is C7H5Br2. The smallest absolute Gasteiger partial charge is 0.0295 e. The van der Waals surface area contributed by atoms with Crippen molar-refractivity contribution in [2.24, 2.45) is 0 Å². The lowest BCUT2D eigenvalue weighted by molar-refractivity contribution is 1.41. The van der Waals surface area contributed by atoms with Crippen molar-refractivity contribution in [3.8, 4) is 0 Å². The highest BCUT2D eigenvalue weighted by atomic mass is 79.9. The normalized spacial score (nSPS) is 9.67. The number of hydrogen-bond acceptors (Lipinski definition) is 0. The molecule has 1 rings (SSSR count). The van der Waals surface area contributed by atoms with Crippen molar-refractivity contribution in [2.75, 3.05) is 0 Å². The van der Waals surface area contributed by atoms with E-state index < -0.39 is 0 Å². The molecule has 0 bridgehead atoms. The van der Waals surface area contributed by atoms with Gasteiger partial charge < -0.3 is 0 Å². The van der Waals surface area contributed by atoms with Crippen molar-refractivity contribution in [1.29, 1.82) is 0 Å². The fourth-order valence-corrected chi connectivity index (χ4v) is 1.46. The molecule has 0 aliphatic carbocycles. The zero-order valence-electron chi connectivity index (χ0n) is 4.91. The van der Waals surface area contributed by atoms with Crippen LogP contribution >= 0.6 is 31.9 Å². The molecule has 0 unspecified atom stereocenters. The highest BCUT2D eigenvalue weighted by Crippen LogP contribution is 2.19. The second-order valence-corrected chi connectivity index (χ2v) is 3.45. The molecule has 0 aliphatic rings. The molecule has 0 atom stereocenters. The third-order valence-electron chi connectivity index (χ3n) is 1.06. The summed E-state index contributed by atoms with van der Waals surface area (Å²) in [7, 11) is 0. The first-order chi connectivity index (χ1) is 4.20. The minimum absolute atomic E-state index is 0.986. The average molecular weight is 249 g/mol. The van der Waals surface area contributed by atoms with Crippen LogP contribution in [0.2, 0.25) is 0 Å². The Morgan fingerprint density at radius 1 is 1.33 bits per heavy atom. The van der Waals surface area contributed by atoms with Crippen LogP contribution in [0.4, 0.5) is 0 Å². The molecule has 0 saturated heterocycles. The maximum absolute atomic E-state index is 3.36. The molecule has 47 valence electrons. The molecule has 0 aliphatic heterocycles. The summed E-state index contributed by atoms with van der Waals surface area (Å²) in [5.41, 5.74) is 1.21. The predicted octanol–water partition coefficient (Wildman–Crippen LogP) is 3.32. The molecule has 0 N–H and O–H groups in total. The minimum Gasteiger partial charge on any atom is -0.0570 e. The molecule has 0 nitrogen and oxygen atoms in total. The van der Waals surface area contributed by atoms with E-state index in [1.807, 2.05) is 19.1 Å². The van der Waals surface area contributed by atoms with Gasteiger partial charge in [-0.15, -0.1) is 0 Å². The molecule has 1 aromatic carbocycles. The third-order valence-corrected chi connectivity index (χ3v) is 2.34. The number of aryl methyl sites for hydroxylation is 1. The quantitative estimate of drug-likeness (QED) is 0.661. The maximum Gasteiger partial charge on any atom is 0.0295 e. The Hall–Kier alpha value is 0.180. The van der Waals surface area contributed by atoms with Gasteiger partial charge in [-0.2, -0.15) is 0 Å². The van der Waals surface area contributed by atoms with Gasteiger partial charge in [-0.1, -0.05) is 22.0 Å². The van der Waals surface area contributed by atoms with Crippen LogP contribution in [0, 0.1) is 13.0 Å². The number of rotatable bonds is 0. The molecule has 0 spiro atoms. The molecular weight excluding hydrogens is 244 g/mol. The Bertz CT molecular complexity index is 218. The molecule has 0 aromatic heterocycles. The monoisotopic (exact) mass is 247 g/mol. The van der Waals surface area contributed by atoms with Gasteiger partial charge in [-0.3, -0.25) is 0 Å². The third kappa shape index (κ3) is 1.80. The summed E-state index contributed by atoms with van der Waals surface area (Å²) in [5, 5.41) is 0. The van der Waals surface area contributed by atoms with Crippen molar-refractivity contribution in [2.45, 2.75) is 6.92 Å². The summed E-state index contributed by atoms with van der Waals surface area (Å²) in [6.07, 6.45) is 0. The van der Waals surface area contributed by atoms with E-state index in [1.165, 1.54) is 5.56 Å². The zero-order chi connectivity index (χ0) is 6.85. The van der Waals surface area contributed by atoms with Crippen LogP contribution in [0.25, 0.3) is 0 Å². The highest BCUT2D eigenvalue weighted by molar-refractivity contribution is 9.11. The second kappa shape index (κ2) is 2.84. The van der Waals surface area contributed by atoms with Crippen molar-refractivity contribution in [3.05, 3.63) is 32.7 Å². The van der Waals surface area contributed by atoms with Crippen LogP contribution in [0.5, 0.6) is 0 Å².